The SMILES string of the molecule is CC(=O)Nc1cc(NC(=O)N(c2ccccc2)C2CCN(Cc3ccc(Oc4ccc(CS(C)(=O)=O)cc4C(N)=O)cc3)CC2)ccc1F.Cl. The topological polar surface area (TPSA) is 151 Å². The minimum absolute atomic E-state index is 0. The maximum absolute atomic E-state index is 14.2. The average Bonchev–Trinajstić information content (AvgIpc) is 3.05. The van der Waals surface area contributed by atoms with Crippen LogP contribution < -0.4 is 26.0 Å². The fraction of sp³-hybridized carbons (Fsp3) is 0.250. The zero-order valence-corrected chi connectivity index (χ0v) is 29.2. The molecule has 4 amide bonds. The van der Waals surface area contributed by atoms with Crippen molar-refractivity contribution >= 4 is 57.2 Å². The number of rotatable bonds is 11. The summed E-state index contributed by atoms with van der Waals surface area (Å²) in [5.74, 6) is -1.22. The van der Waals surface area contributed by atoms with Crippen LogP contribution in [0.4, 0.5) is 26.2 Å². The van der Waals surface area contributed by atoms with Crippen molar-refractivity contribution in [3.8, 4) is 11.5 Å². The van der Waals surface area contributed by atoms with Crippen molar-refractivity contribution in [3.63, 3.8) is 0 Å². The predicted octanol–water partition coefficient (Wildman–Crippen LogP) is 6.34. The van der Waals surface area contributed by atoms with Crippen molar-refractivity contribution in [2.75, 3.05) is 34.9 Å². The van der Waals surface area contributed by atoms with Gasteiger partial charge in [-0.05, 0) is 78.6 Å². The predicted molar refractivity (Wildman–Crippen MR) is 194 cm³/mol. The van der Waals surface area contributed by atoms with Gasteiger partial charge in [-0.15, -0.1) is 12.4 Å². The van der Waals surface area contributed by atoms with E-state index in [0.717, 1.165) is 43.4 Å². The fourth-order valence-corrected chi connectivity index (χ4v) is 6.57. The number of sulfone groups is 1. The number of para-hydroxylation sites is 1. The molecule has 0 atom stereocenters. The zero-order valence-electron chi connectivity index (χ0n) is 27.6. The second kappa shape index (κ2) is 16.6. The highest BCUT2D eigenvalue weighted by molar-refractivity contribution is 7.89. The molecule has 0 unspecified atom stereocenters. The molecule has 264 valence electrons. The summed E-state index contributed by atoms with van der Waals surface area (Å²) in [6.07, 6.45) is 2.55. The maximum Gasteiger partial charge on any atom is 0.326 e. The lowest BCUT2D eigenvalue weighted by Crippen LogP contribution is -2.49. The van der Waals surface area contributed by atoms with Gasteiger partial charge in [0.2, 0.25) is 5.91 Å². The number of carbonyl (C=O) groups is 3. The Balaban J connectivity index is 0.00000562. The molecular weight excluding hydrogens is 685 g/mol. The number of piperidine rings is 1. The van der Waals surface area contributed by atoms with Crippen LogP contribution in [0.5, 0.6) is 11.5 Å². The van der Waals surface area contributed by atoms with Gasteiger partial charge in [0.05, 0.1) is 17.0 Å². The summed E-state index contributed by atoms with van der Waals surface area (Å²) in [4.78, 5) is 41.2. The lowest BCUT2D eigenvalue weighted by Gasteiger charge is -2.38. The molecule has 4 aromatic rings. The van der Waals surface area contributed by atoms with Crippen LogP contribution in [-0.4, -0.2) is 56.6 Å². The number of hydrogen-bond acceptors (Lipinski definition) is 7. The normalized spacial score (nSPS) is 13.5. The van der Waals surface area contributed by atoms with Crippen LogP contribution >= 0.6 is 12.4 Å². The Hall–Kier alpha value is -4.98. The highest BCUT2D eigenvalue weighted by atomic mass is 35.5. The summed E-state index contributed by atoms with van der Waals surface area (Å²) in [5, 5.41) is 5.31. The minimum Gasteiger partial charge on any atom is -0.457 e. The highest BCUT2D eigenvalue weighted by Gasteiger charge is 2.29. The van der Waals surface area contributed by atoms with Crippen molar-refractivity contribution in [1.82, 2.24) is 4.90 Å². The van der Waals surface area contributed by atoms with E-state index in [1.54, 1.807) is 29.2 Å². The summed E-state index contributed by atoms with van der Waals surface area (Å²) in [6, 6.07) is 25.0. The van der Waals surface area contributed by atoms with Gasteiger partial charge in [-0.3, -0.25) is 19.4 Å². The quantitative estimate of drug-likeness (QED) is 0.163. The first-order valence-corrected chi connectivity index (χ1v) is 17.7. The molecule has 14 heteroatoms. The Kier molecular flexibility index (Phi) is 12.6. The molecule has 1 saturated heterocycles. The van der Waals surface area contributed by atoms with Gasteiger partial charge < -0.3 is 21.1 Å². The molecule has 5 rings (SSSR count). The van der Waals surface area contributed by atoms with E-state index < -0.39 is 27.5 Å². The largest absolute Gasteiger partial charge is 0.457 e. The molecule has 11 nitrogen and oxygen atoms in total. The number of anilines is 3. The first-order chi connectivity index (χ1) is 23.3. The van der Waals surface area contributed by atoms with Crippen LogP contribution in [0.3, 0.4) is 0 Å². The van der Waals surface area contributed by atoms with Crippen LogP contribution in [-0.2, 0) is 26.9 Å². The van der Waals surface area contributed by atoms with Gasteiger partial charge in [-0.1, -0.05) is 36.4 Å². The number of urea groups is 1. The molecule has 1 aliphatic heterocycles. The lowest BCUT2D eigenvalue weighted by molar-refractivity contribution is -0.114. The number of halogens is 2. The Bertz CT molecular complexity index is 1940. The van der Waals surface area contributed by atoms with Crippen LogP contribution in [0.25, 0.3) is 0 Å². The molecule has 0 aliphatic carbocycles. The third kappa shape index (κ3) is 10.3. The Morgan fingerprint density at radius 3 is 2.20 bits per heavy atom. The van der Waals surface area contributed by atoms with Gasteiger partial charge in [0.15, 0.2) is 9.84 Å². The van der Waals surface area contributed by atoms with Crippen LogP contribution in [0.1, 0.15) is 41.3 Å². The molecule has 4 N–H and O–H groups in total. The van der Waals surface area contributed by atoms with E-state index >= 15 is 0 Å². The third-order valence-corrected chi connectivity index (χ3v) is 8.86. The molecule has 1 heterocycles. The third-order valence-electron chi connectivity index (χ3n) is 8.00. The minimum atomic E-state index is -3.29. The zero-order chi connectivity index (χ0) is 35.1. The fourth-order valence-electron chi connectivity index (χ4n) is 5.79. The molecule has 1 aliphatic rings. The molecular formula is C36H39ClFN5O6S. The molecule has 50 heavy (non-hydrogen) atoms. The number of nitrogens with zero attached hydrogens (tertiary/aromatic N) is 2. The first-order valence-electron chi connectivity index (χ1n) is 15.7. The van der Waals surface area contributed by atoms with Crippen LogP contribution in [0.2, 0.25) is 0 Å². The molecule has 0 aromatic heterocycles. The number of benzene rings is 4. The number of primary amides is 1. The Labute approximate surface area is 296 Å². The van der Waals surface area contributed by atoms with Crippen molar-refractivity contribution in [2.45, 2.75) is 38.1 Å². The molecule has 0 bridgehead atoms. The van der Waals surface area contributed by atoms with Crippen molar-refractivity contribution in [3.05, 3.63) is 114 Å². The van der Waals surface area contributed by atoms with Crippen molar-refractivity contribution in [1.29, 1.82) is 0 Å². The Morgan fingerprint density at radius 2 is 1.58 bits per heavy atom. The number of ether oxygens (including phenoxy) is 1. The summed E-state index contributed by atoms with van der Waals surface area (Å²) in [6.45, 7) is 3.45. The van der Waals surface area contributed by atoms with Gasteiger partial charge in [0.25, 0.3) is 5.91 Å². The van der Waals surface area contributed by atoms with E-state index in [9.17, 15) is 27.2 Å². The second-order valence-corrected chi connectivity index (χ2v) is 14.2. The number of hydrogen-bond donors (Lipinski definition) is 3. The smallest absolute Gasteiger partial charge is 0.326 e. The summed E-state index contributed by atoms with van der Waals surface area (Å²) >= 11 is 0. The second-order valence-electron chi connectivity index (χ2n) is 12.0. The molecule has 4 aromatic carbocycles. The molecule has 0 radical (unpaired) electrons. The number of amides is 4. The van der Waals surface area contributed by atoms with E-state index in [0.29, 0.717) is 23.5 Å². The Morgan fingerprint density at radius 1 is 0.920 bits per heavy atom. The van der Waals surface area contributed by atoms with Gasteiger partial charge in [-0.25, -0.2) is 17.6 Å². The highest BCUT2D eigenvalue weighted by Crippen LogP contribution is 2.29. The average molecular weight is 724 g/mol. The van der Waals surface area contributed by atoms with Crippen molar-refractivity contribution < 1.29 is 31.9 Å². The number of nitrogens with one attached hydrogen (secondary N) is 2. The summed E-state index contributed by atoms with van der Waals surface area (Å²) < 4.78 is 43.5. The van der Waals surface area contributed by atoms with E-state index in [1.807, 2.05) is 42.5 Å². The molecule has 0 saturated carbocycles. The van der Waals surface area contributed by atoms with E-state index in [-0.39, 0.29) is 47.2 Å². The summed E-state index contributed by atoms with van der Waals surface area (Å²) in [7, 11) is -3.29. The van der Waals surface area contributed by atoms with Crippen LogP contribution in [0.15, 0.2) is 91.0 Å². The number of likely N-dealkylation sites (tertiary alicyclic amines) is 1. The maximum atomic E-state index is 14.2. The van der Waals surface area contributed by atoms with E-state index in [1.165, 1.54) is 31.2 Å². The van der Waals surface area contributed by atoms with Gasteiger partial charge in [0.1, 0.15) is 17.3 Å². The molecule has 1 fully saturated rings. The number of nitrogens with two attached hydrogens (primary N) is 1. The first kappa shape index (κ1) is 37.8. The standard InChI is InChI=1S/C36H38FN5O6S.ClH/c1-24(43)39-33-21-27(11-14-32(33)37)40-36(45)42(28-6-4-3-5-7-28)29-16-18-41(19-17-29)22-25-8-12-30(13-9-25)48-34-15-10-26(23-49(2,46)47)20-31(34)35(38)44;/h3-15,20-21,29H,16-19,22-23H2,1-2H3,(H2,38,44)(H,39,43)(H,40,45);1H. The molecule has 0 spiro atoms. The summed E-state index contributed by atoms with van der Waals surface area (Å²) in [5.41, 5.74) is 8.21. The van der Waals surface area contributed by atoms with Crippen LogP contribution in [0, 0.1) is 5.82 Å². The van der Waals surface area contributed by atoms with E-state index in [2.05, 4.69) is 15.5 Å². The number of carbonyl (C=O) groups excluding carboxylic acids is 3. The van der Waals surface area contributed by atoms with E-state index in [4.69, 9.17) is 10.5 Å². The van der Waals surface area contributed by atoms with Gasteiger partial charge >= 0.3 is 6.03 Å². The monoisotopic (exact) mass is 723 g/mol. The lowest BCUT2D eigenvalue weighted by atomic mass is 10.0. The van der Waals surface area contributed by atoms with Crippen molar-refractivity contribution in [2.24, 2.45) is 5.73 Å². The van der Waals surface area contributed by atoms with Gasteiger partial charge in [0, 0.05) is 50.2 Å². The van der Waals surface area contributed by atoms with Gasteiger partial charge in [-0.2, -0.15) is 0 Å².